The van der Waals surface area contributed by atoms with Gasteiger partial charge in [0.2, 0.25) is 0 Å². The SMILES string of the molecule is CN1CCN(Cc2cc(O)cc(F)c2)c2ccccc21. The third-order valence-corrected chi connectivity index (χ3v) is 3.65. The number of fused-ring (bicyclic) bond motifs is 1. The molecular weight excluding hydrogens is 255 g/mol. The molecule has 1 N–H and O–H groups in total. The number of para-hydroxylation sites is 2. The van der Waals surface area contributed by atoms with E-state index in [2.05, 4.69) is 29.0 Å². The highest BCUT2D eigenvalue weighted by molar-refractivity contribution is 5.73. The molecule has 20 heavy (non-hydrogen) atoms. The molecule has 0 fully saturated rings. The molecule has 0 spiro atoms. The number of nitrogens with zero attached hydrogens (tertiary/aromatic N) is 2. The van der Waals surface area contributed by atoms with Crippen LogP contribution in [-0.2, 0) is 6.54 Å². The largest absolute Gasteiger partial charge is 0.508 e. The summed E-state index contributed by atoms with van der Waals surface area (Å²) in [6, 6.07) is 12.4. The van der Waals surface area contributed by atoms with Crippen LogP contribution in [-0.4, -0.2) is 25.2 Å². The Balaban J connectivity index is 1.90. The second kappa shape index (κ2) is 5.04. The maximum atomic E-state index is 13.4. The molecule has 1 heterocycles. The molecule has 104 valence electrons. The van der Waals surface area contributed by atoms with Crippen molar-refractivity contribution in [2.24, 2.45) is 0 Å². The zero-order valence-electron chi connectivity index (χ0n) is 11.4. The van der Waals surface area contributed by atoms with Crippen molar-refractivity contribution in [2.45, 2.75) is 6.54 Å². The fourth-order valence-corrected chi connectivity index (χ4v) is 2.68. The van der Waals surface area contributed by atoms with Crippen molar-refractivity contribution in [3.63, 3.8) is 0 Å². The zero-order valence-corrected chi connectivity index (χ0v) is 11.4. The summed E-state index contributed by atoms with van der Waals surface area (Å²) < 4.78 is 13.4. The Labute approximate surface area is 117 Å². The predicted molar refractivity (Wildman–Crippen MR) is 78.8 cm³/mol. The molecule has 2 aromatic rings. The molecule has 0 radical (unpaired) electrons. The van der Waals surface area contributed by atoms with E-state index in [4.69, 9.17) is 0 Å². The molecule has 0 unspecified atom stereocenters. The Bertz CT molecular complexity index is 609. The first kappa shape index (κ1) is 12.8. The van der Waals surface area contributed by atoms with Gasteiger partial charge in [-0.3, -0.25) is 0 Å². The summed E-state index contributed by atoms with van der Waals surface area (Å²) in [5, 5.41) is 9.49. The summed E-state index contributed by atoms with van der Waals surface area (Å²) in [5.41, 5.74) is 3.10. The summed E-state index contributed by atoms with van der Waals surface area (Å²) in [7, 11) is 2.07. The highest BCUT2D eigenvalue weighted by Gasteiger charge is 2.19. The van der Waals surface area contributed by atoms with Gasteiger partial charge in [0.1, 0.15) is 11.6 Å². The molecule has 1 aliphatic rings. The third kappa shape index (κ3) is 2.41. The normalized spacial score (nSPS) is 14.3. The number of phenolic OH excluding ortho intramolecular Hbond substituents is 1. The number of hydrogen-bond donors (Lipinski definition) is 1. The van der Waals surface area contributed by atoms with Gasteiger partial charge in [-0.1, -0.05) is 12.1 Å². The number of phenols is 1. The number of halogens is 1. The van der Waals surface area contributed by atoms with E-state index < -0.39 is 5.82 Å². The summed E-state index contributed by atoms with van der Waals surface area (Å²) in [5.74, 6) is -0.426. The van der Waals surface area contributed by atoms with Crippen LogP contribution in [0.25, 0.3) is 0 Å². The lowest BCUT2D eigenvalue weighted by atomic mass is 10.1. The van der Waals surface area contributed by atoms with Crippen LogP contribution >= 0.6 is 0 Å². The van der Waals surface area contributed by atoms with E-state index in [1.165, 1.54) is 11.8 Å². The topological polar surface area (TPSA) is 26.7 Å². The van der Waals surface area contributed by atoms with Crippen molar-refractivity contribution in [3.05, 3.63) is 53.8 Å². The number of benzene rings is 2. The molecule has 0 saturated carbocycles. The molecule has 0 bridgehead atoms. The Morgan fingerprint density at radius 3 is 2.60 bits per heavy atom. The number of aromatic hydroxyl groups is 1. The number of hydrogen-bond acceptors (Lipinski definition) is 3. The Hall–Kier alpha value is -2.23. The molecule has 4 heteroatoms. The van der Waals surface area contributed by atoms with Gasteiger partial charge >= 0.3 is 0 Å². The van der Waals surface area contributed by atoms with Crippen LogP contribution in [0, 0.1) is 5.82 Å². The van der Waals surface area contributed by atoms with E-state index in [0.29, 0.717) is 6.54 Å². The minimum Gasteiger partial charge on any atom is -0.508 e. The van der Waals surface area contributed by atoms with Crippen molar-refractivity contribution in [2.75, 3.05) is 29.9 Å². The lowest BCUT2D eigenvalue weighted by Crippen LogP contribution is -2.38. The lowest BCUT2D eigenvalue weighted by Gasteiger charge is -2.37. The van der Waals surface area contributed by atoms with Gasteiger partial charge < -0.3 is 14.9 Å². The van der Waals surface area contributed by atoms with Crippen LogP contribution in [0.5, 0.6) is 5.75 Å². The first-order valence-electron chi connectivity index (χ1n) is 6.67. The van der Waals surface area contributed by atoms with Crippen LogP contribution in [0.4, 0.5) is 15.8 Å². The number of rotatable bonds is 2. The predicted octanol–water partition coefficient (Wildman–Crippen LogP) is 2.99. The fourth-order valence-electron chi connectivity index (χ4n) is 2.68. The minimum atomic E-state index is -0.401. The smallest absolute Gasteiger partial charge is 0.127 e. The van der Waals surface area contributed by atoms with Gasteiger partial charge in [0, 0.05) is 32.7 Å². The quantitative estimate of drug-likeness (QED) is 0.910. The highest BCUT2D eigenvalue weighted by atomic mass is 19.1. The molecule has 3 nitrogen and oxygen atoms in total. The lowest BCUT2D eigenvalue weighted by molar-refractivity contribution is 0.468. The van der Waals surface area contributed by atoms with Crippen molar-refractivity contribution < 1.29 is 9.50 Å². The van der Waals surface area contributed by atoms with E-state index in [1.54, 1.807) is 6.07 Å². The van der Waals surface area contributed by atoms with Crippen LogP contribution in [0.1, 0.15) is 5.56 Å². The monoisotopic (exact) mass is 272 g/mol. The van der Waals surface area contributed by atoms with E-state index >= 15 is 0 Å². The van der Waals surface area contributed by atoms with Crippen molar-refractivity contribution in [3.8, 4) is 5.75 Å². The van der Waals surface area contributed by atoms with Gasteiger partial charge in [-0.2, -0.15) is 0 Å². The van der Waals surface area contributed by atoms with E-state index in [-0.39, 0.29) is 5.75 Å². The van der Waals surface area contributed by atoms with Gasteiger partial charge in [0.25, 0.3) is 0 Å². The van der Waals surface area contributed by atoms with E-state index in [1.807, 2.05) is 12.1 Å². The Morgan fingerprint density at radius 1 is 1.10 bits per heavy atom. The van der Waals surface area contributed by atoms with Crippen LogP contribution < -0.4 is 9.80 Å². The molecular formula is C16H17FN2O. The fraction of sp³-hybridized carbons (Fsp3) is 0.250. The van der Waals surface area contributed by atoms with Gasteiger partial charge in [0.05, 0.1) is 11.4 Å². The molecule has 0 amide bonds. The second-order valence-electron chi connectivity index (χ2n) is 5.15. The highest BCUT2D eigenvalue weighted by Crippen LogP contribution is 2.33. The van der Waals surface area contributed by atoms with Crippen LogP contribution in [0.2, 0.25) is 0 Å². The van der Waals surface area contributed by atoms with Gasteiger partial charge in [-0.15, -0.1) is 0 Å². The van der Waals surface area contributed by atoms with Gasteiger partial charge in [-0.05, 0) is 29.8 Å². The molecule has 0 saturated heterocycles. The average Bonchev–Trinajstić information content (AvgIpc) is 2.41. The van der Waals surface area contributed by atoms with Crippen LogP contribution in [0.15, 0.2) is 42.5 Å². The van der Waals surface area contributed by atoms with Crippen LogP contribution in [0.3, 0.4) is 0 Å². The molecule has 2 aromatic carbocycles. The Kier molecular flexibility index (Phi) is 3.22. The molecule has 3 rings (SSSR count). The van der Waals surface area contributed by atoms with E-state index in [9.17, 15) is 9.50 Å². The molecule has 0 aliphatic carbocycles. The molecule has 0 aromatic heterocycles. The second-order valence-corrected chi connectivity index (χ2v) is 5.15. The van der Waals surface area contributed by atoms with Crippen molar-refractivity contribution in [1.82, 2.24) is 0 Å². The average molecular weight is 272 g/mol. The maximum Gasteiger partial charge on any atom is 0.127 e. The maximum absolute atomic E-state index is 13.4. The first-order valence-corrected chi connectivity index (χ1v) is 6.67. The van der Waals surface area contributed by atoms with Crippen molar-refractivity contribution in [1.29, 1.82) is 0 Å². The number of likely N-dealkylation sites (N-methyl/N-ethyl adjacent to an activating group) is 1. The third-order valence-electron chi connectivity index (χ3n) is 3.65. The summed E-state index contributed by atoms with van der Waals surface area (Å²) in [4.78, 5) is 4.43. The first-order chi connectivity index (χ1) is 9.63. The van der Waals surface area contributed by atoms with Gasteiger partial charge in [-0.25, -0.2) is 4.39 Å². The zero-order chi connectivity index (χ0) is 14.1. The number of anilines is 2. The summed E-state index contributed by atoms with van der Waals surface area (Å²) >= 11 is 0. The molecule has 1 aliphatic heterocycles. The Morgan fingerprint density at radius 2 is 1.85 bits per heavy atom. The minimum absolute atomic E-state index is 0.0255. The summed E-state index contributed by atoms with van der Waals surface area (Å²) in [6.07, 6.45) is 0. The van der Waals surface area contributed by atoms with Crippen molar-refractivity contribution >= 4 is 11.4 Å². The van der Waals surface area contributed by atoms with Gasteiger partial charge in [0.15, 0.2) is 0 Å². The van der Waals surface area contributed by atoms with E-state index in [0.717, 1.165) is 30.4 Å². The molecule has 0 atom stereocenters. The standard InChI is InChI=1S/C16H17FN2O/c1-18-6-7-19(16-5-3-2-4-15(16)18)11-12-8-13(17)10-14(20)9-12/h2-5,8-10,20H,6-7,11H2,1H3. The summed E-state index contributed by atoms with van der Waals surface area (Å²) in [6.45, 7) is 2.40.